The van der Waals surface area contributed by atoms with Gasteiger partial charge in [0.1, 0.15) is 5.60 Å². The number of rotatable bonds is 3. The molecule has 3 atom stereocenters. The van der Waals surface area contributed by atoms with Gasteiger partial charge in [0.25, 0.3) is 5.60 Å². The van der Waals surface area contributed by atoms with Crippen molar-refractivity contribution in [3.05, 3.63) is 57.6 Å². The third-order valence-electron chi connectivity index (χ3n) is 4.91. The molecule has 0 bridgehead atoms. The first-order valence-corrected chi connectivity index (χ1v) is 10.9. The molecule has 0 radical (unpaired) electrons. The standard InChI is InChI=1S/C21H21Cl3F3N3O3/c1-19(2,3)32-18(31)30(28)17-6-11(4-5-15(17)24)16-10-20(33-29-16,21(25,26)27)12-7-13(22)9-14(23)8-12/h4-9,15,17H,10,28H2,1-3H3/t15?,17?,20-/m1/s1. The van der Waals surface area contributed by atoms with Crippen LogP contribution in [-0.2, 0) is 15.2 Å². The highest BCUT2D eigenvalue weighted by Gasteiger charge is 2.62. The van der Waals surface area contributed by atoms with Crippen LogP contribution < -0.4 is 5.84 Å². The summed E-state index contributed by atoms with van der Waals surface area (Å²) in [6.07, 6.45) is -1.89. The molecule has 1 aliphatic heterocycles. The number of benzene rings is 1. The van der Waals surface area contributed by atoms with Gasteiger partial charge in [-0.25, -0.2) is 15.6 Å². The number of nitrogens with two attached hydrogens (primary N) is 1. The molecule has 3 rings (SSSR count). The van der Waals surface area contributed by atoms with Crippen molar-refractivity contribution >= 4 is 46.6 Å². The van der Waals surface area contributed by atoms with Crippen LogP contribution in [0.1, 0.15) is 32.8 Å². The smallest absolute Gasteiger partial charge is 0.435 e. The molecule has 1 aromatic carbocycles. The molecule has 6 nitrogen and oxygen atoms in total. The summed E-state index contributed by atoms with van der Waals surface area (Å²) in [5.41, 5.74) is -3.61. The number of ether oxygens (including phenoxy) is 1. The number of hydrogen-bond acceptors (Lipinski definition) is 5. The zero-order valence-electron chi connectivity index (χ0n) is 17.8. The number of oxime groups is 1. The number of halogens is 6. The van der Waals surface area contributed by atoms with Gasteiger partial charge in [-0.05, 0) is 50.6 Å². The summed E-state index contributed by atoms with van der Waals surface area (Å²) in [6.45, 7) is 5.01. The monoisotopic (exact) mass is 525 g/mol. The first-order chi connectivity index (χ1) is 15.1. The molecule has 1 amide bonds. The van der Waals surface area contributed by atoms with Crippen LogP contribution in [0.25, 0.3) is 0 Å². The maximum Gasteiger partial charge on any atom is 0.435 e. The summed E-state index contributed by atoms with van der Waals surface area (Å²) in [4.78, 5) is 17.4. The third-order valence-corrected chi connectivity index (χ3v) is 5.75. The van der Waals surface area contributed by atoms with E-state index < -0.39 is 41.3 Å². The van der Waals surface area contributed by atoms with Crippen LogP contribution in [0.3, 0.4) is 0 Å². The molecule has 0 aromatic heterocycles. The van der Waals surface area contributed by atoms with Gasteiger partial charge in [-0.1, -0.05) is 40.5 Å². The molecule has 0 spiro atoms. The lowest BCUT2D eigenvalue weighted by Gasteiger charge is -2.32. The number of alkyl halides is 4. The van der Waals surface area contributed by atoms with E-state index in [1.54, 1.807) is 20.8 Å². The highest BCUT2D eigenvalue weighted by atomic mass is 35.5. The Morgan fingerprint density at radius 2 is 1.85 bits per heavy atom. The Morgan fingerprint density at radius 3 is 2.39 bits per heavy atom. The summed E-state index contributed by atoms with van der Waals surface area (Å²) < 4.78 is 47.9. The first-order valence-electron chi connectivity index (χ1n) is 9.73. The summed E-state index contributed by atoms with van der Waals surface area (Å²) in [6, 6.07) is 2.68. The van der Waals surface area contributed by atoms with Gasteiger partial charge in [-0.2, -0.15) is 13.2 Å². The van der Waals surface area contributed by atoms with Crippen molar-refractivity contribution in [3.63, 3.8) is 0 Å². The molecular formula is C21H21Cl3F3N3O3. The van der Waals surface area contributed by atoms with Gasteiger partial charge in [0.2, 0.25) is 0 Å². The van der Waals surface area contributed by atoms with E-state index in [-0.39, 0.29) is 26.9 Å². The summed E-state index contributed by atoms with van der Waals surface area (Å²) >= 11 is 18.1. The second-order valence-electron chi connectivity index (χ2n) is 8.59. The Morgan fingerprint density at radius 1 is 1.24 bits per heavy atom. The predicted molar refractivity (Wildman–Crippen MR) is 120 cm³/mol. The van der Waals surface area contributed by atoms with Gasteiger partial charge in [-0.3, -0.25) is 0 Å². The number of carbonyl (C=O) groups is 1. The fraction of sp³-hybridized carbons (Fsp3) is 0.429. The Kier molecular flexibility index (Phi) is 7.02. The van der Waals surface area contributed by atoms with E-state index in [2.05, 4.69) is 5.16 Å². The van der Waals surface area contributed by atoms with Crippen LogP contribution in [0.15, 0.2) is 47.2 Å². The van der Waals surface area contributed by atoms with Crippen LogP contribution >= 0.6 is 34.8 Å². The summed E-state index contributed by atoms with van der Waals surface area (Å²) in [7, 11) is 0. The Balaban J connectivity index is 1.91. The maximum absolute atomic E-state index is 14.2. The lowest BCUT2D eigenvalue weighted by molar-refractivity contribution is -0.275. The van der Waals surface area contributed by atoms with E-state index in [0.29, 0.717) is 0 Å². The number of carbonyl (C=O) groups excluding carboxylic acids is 1. The third kappa shape index (κ3) is 5.42. The van der Waals surface area contributed by atoms with Gasteiger partial charge >= 0.3 is 12.3 Å². The van der Waals surface area contributed by atoms with Gasteiger partial charge in [0.05, 0.1) is 17.1 Å². The van der Waals surface area contributed by atoms with E-state index in [1.807, 2.05) is 0 Å². The van der Waals surface area contributed by atoms with Gasteiger partial charge in [0.15, 0.2) is 0 Å². The van der Waals surface area contributed by atoms with Crippen molar-refractivity contribution in [2.45, 2.75) is 56.0 Å². The molecular weight excluding hydrogens is 506 g/mol. The number of hydrogen-bond donors (Lipinski definition) is 1. The molecule has 2 N–H and O–H groups in total. The zero-order chi connectivity index (χ0) is 24.8. The number of hydrazine groups is 1. The van der Waals surface area contributed by atoms with Crippen molar-refractivity contribution in [1.82, 2.24) is 5.01 Å². The molecule has 33 heavy (non-hydrogen) atoms. The number of allylic oxidation sites excluding steroid dienone is 2. The molecule has 180 valence electrons. The average Bonchev–Trinajstić information content (AvgIpc) is 3.12. The molecule has 1 heterocycles. The lowest BCUT2D eigenvalue weighted by atomic mass is 9.85. The van der Waals surface area contributed by atoms with E-state index in [4.69, 9.17) is 50.2 Å². The molecule has 0 saturated heterocycles. The number of amides is 1. The quantitative estimate of drug-likeness (QED) is 0.223. The molecule has 1 aromatic rings. The van der Waals surface area contributed by atoms with Crippen molar-refractivity contribution in [2.24, 2.45) is 11.0 Å². The lowest BCUT2D eigenvalue weighted by Crippen LogP contribution is -2.51. The van der Waals surface area contributed by atoms with Crippen LogP contribution in [-0.4, -0.2) is 40.0 Å². The fourth-order valence-electron chi connectivity index (χ4n) is 3.35. The van der Waals surface area contributed by atoms with E-state index in [1.165, 1.54) is 24.3 Å². The predicted octanol–water partition coefficient (Wildman–Crippen LogP) is 6.11. The highest BCUT2D eigenvalue weighted by molar-refractivity contribution is 6.34. The Labute approximate surface area is 203 Å². The molecule has 2 unspecified atom stereocenters. The molecule has 12 heteroatoms. The normalized spacial score (nSPS) is 25.3. The minimum Gasteiger partial charge on any atom is -0.443 e. The van der Waals surface area contributed by atoms with Crippen molar-refractivity contribution in [1.29, 1.82) is 0 Å². The maximum atomic E-state index is 14.2. The Bertz CT molecular complexity index is 1020. The largest absolute Gasteiger partial charge is 0.443 e. The first kappa shape index (κ1) is 25.7. The molecule has 2 aliphatic rings. The van der Waals surface area contributed by atoms with Gasteiger partial charge in [0, 0.05) is 22.0 Å². The molecule has 0 saturated carbocycles. The molecule has 1 aliphatic carbocycles. The zero-order valence-corrected chi connectivity index (χ0v) is 20.1. The second-order valence-corrected chi connectivity index (χ2v) is 9.97. The van der Waals surface area contributed by atoms with Crippen molar-refractivity contribution in [2.75, 3.05) is 0 Å². The second kappa shape index (κ2) is 9.02. The minimum atomic E-state index is -4.84. The van der Waals surface area contributed by atoms with Crippen molar-refractivity contribution < 1.29 is 27.5 Å². The van der Waals surface area contributed by atoms with E-state index >= 15 is 0 Å². The summed E-state index contributed by atoms with van der Waals surface area (Å²) in [5.74, 6) is 5.91. The Hall–Kier alpha value is -1.94. The summed E-state index contributed by atoms with van der Waals surface area (Å²) in [5, 5.41) is 3.80. The number of nitrogens with zero attached hydrogens (tertiary/aromatic N) is 2. The van der Waals surface area contributed by atoms with Crippen LogP contribution in [0.2, 0.25) is 10.0 Å². The average molecular weight is 527 g/mol. The topological polar surface area (TPSA) is 77.2 Å². The van der Waals surface area contributed by atoms with Gasteiger partial charge < -0.3 is 9.57 Å². The minimum absolute atomic E-state index is 0.00849. The van der Waals surface area contributed by atoms with Crippen LogP contribution in [0, 0.1) is 0 Å². The van der Waals surface area contributed by atoms with Crippen molar-refractivity contribution in [3.8, 4) is 0 Å². The van der Waals surface area contributed by atoms with E-state index in [0.717, 1.165) is 17.1 Å². The van der Waals surface area contributed by atoms with E-state index in [9.17, 15) is 18.0 Å². The van der Waals surface area contributed by atoms with Gasteiger partial charge in [-0.15, -0.1) is 11.6 Å². The fourth-order valence-corrected chi connectivity index (χ4v) is 4.14. The van der Waals surface area contributed by atoms with Crippen LogP contribution in [0.4, 0.5) is 18.0 Å². The highest BCUT2D eigenvalue weighted by Crippen LogP contribution is 2.50. The van der Waals surface area contributed by atoms with Crippen LogP contribution in [0.5, 0.6) is 0 Å². The SMILES string of the molecule is CC(C)(C)OC(=O)N(N)C1C=C(C2=NO[C@](c3cc(Cl)cc(Cl)c3)(C(F)(F)F)C2)C=CC1Cl. The molecule has 0 fully saturated rings.